The summed E-state index contributed by atoms with van der Waals surface area (Å²) < 4.78 is 5.14. The van der Waals surface area contributed by atoms with E-state index >= 15 is 0 Å². The topological polar surface area (TPSA) is 55.5 Å². The minimum atomic E-state index is -0.660. The molecule has 0 aromatic carbocycles. The number of hydrogen-bond acceptors (Lipinski definition) is 3. The molecule has 3 heteroatoms. The zero-order valence-electron chi connectivity index (χ0n) is 7.05. The maximum absolute atomic E-state index is 9.93. The van der Waals surface area contributed by atoms with Gasteiger partial charge in [-0.15, -0.1) is 0 Å². The van der Waals surface area contributed by atoms with Gasteiger partial charge in [0.15, 0.2) is 0 Å². The molecule has 1 heterocycles. The predicted molar refractivity (Wildman–Crippen MR) is 43.3 cm³/mol. The van der Waals surface area contributed by atoms with Gasteiger partial charge in [0, 0.05) is 13.0 Å². The van der Waals surface area contributed by atoms with Gasteiger partial charge in [0.25, 0.3) is 0 Å². The van der Waals surface area contributed by atoms with E-state index in [0.717, 1.165) is 12.8 Å². The summed E-state index contributed by atoms with van der Waals surface area (Å²) >= 11 is 0. The Hall–Kier alpha value is -0.120. The molecular formula is C8H17NO2. The van der Waals surface area contributed by atoms with E-state index in [4.69, 9.17) is 10.5 Å². The molecule has 0 aromatic rings. The Morgan fingerprint density at radius 1 is 1.73 bits per heavy atom. The van der Waals surface area contributed by atoms with Crippen LogP contribution in [-0.4, -0.2) is 30.0 Å². The van der Waals surface area contributed by atoms with Crippen molar-refractivity contribution in [1.29, 1.82) is 0 Å². The van der Waals surface area contributed by atoms with Crippen LogP contribution in [0.25, 0.3) is 0 Å². The first-order valence-electron chi connectivity index (χ1n) is 4.25. The van der Waals surface area contributed by atoms with Gasteiger partial charge in [-0.05, 0) is 6.42 Å². The summed E-state index contributed by atoms with van der Waals surface area (Å²) in [5.74, 6) is 0. The summed E-state index contributed by atoms with van der Waals surface area (Å²) in [6.07, 6.45) is 2.45. The Kier molecular flexibility index (Phi) is 2.87. The number of ether oxygens (including phenoxy) is 1. The number of aliphatic hydroxyl groups is 1. The Labute approximate surface area is 67.5 Å². The van der Waals surface area contributed by atoms with Crippen LogP contribution in [0.4, 0.5) is 0 Å². The van der Waals surface area contributed by atoms with Gasteiger partial charge < -0.3 is 15.6 Å². The summed E-state index contributed by atoms with van der Waals surface area (Å²) in [5.41, 5.74) is 5.06. The van der Waals surface area contributed by atoms with E-state index in [-0.39, 0.29) is 6.04 Å². The van der Waals surface area contributed by atoms with Crippen molar-refractivity contribution in [2.75, 3.05) is 13.2 Å². The van der Waals surface area contributed by atoms with Gasteiger partial charge >= 0.3 is 0 Å². The van der Waals surface area contributed by atoms with E-state index < -0.39 is 5.60 Å². The first kappa shape index (κ1) is 8.97. The normalized spacial score (nSPS) is 39.0. The van der Waals surface area contributed by atoms with Crippen molar-refractivity contribution < 1.29 is 9.84 Å². The Morgan fingerprint density at radius 3 is 3.00 bits per heavy atom. The highest BCUT2D eigenvalue weighted by molar-refractivity contribution is 4.91. The summed E-state index contributed by atoms with van der Waals surface area (Å²) in [7, 11) is 0. The first-order chi connectivity index (χ1) is 5.19. The van der Waals surface area contributed by atoms with Crippen molar-refractivity contribution in [2.45, 2.75) is 37.8 Å². The molecule has 1 rings (SSSR count). The molecule has 0 amide bonds. The molecule has 0 saturated carbocycles. The highest BCUT2D eigenvalue weighted by Gasteiger charge is 2.36. The van der Waals surface area contributed by atoms with Crippen LogP contribution in [0.3, 0.4) is 0 Å². The molecule has 0 bridgehead atoms. The Balaban J connectivity index is 2.49. The highest BCUT2D eigenvalue weighted by Crippen LogP contribution is 2.24. The average Bonchev–Trinajstić information content (AvgIpc) is 1.96. The summed E-state index contributed by atoms with van der Waals surface area (Å²) in [5, 5.41) is 9.93. The summed E-state index contributed by atoms with van der Waals surface area (Å²) in [4.78, 5) is 0. The minimum Gasteiger partial charge on any atom is -0.388 e. The van der Waals surface area contributed by atoms with E-state index in [1.54, 1.807) is 0 Å². The fraction of sp³-hybridized carbons (Fsp3) is 1.00. The van der Waals surface area contributed by atoms with Crippen molar-refractivity contribution in [3.63, 3.8) is 0 Å². The van der Waals surface area contributed by atoms with E-state index in [9.17, 15) is 5.11 Å². The van der Waals surface area contributed by atoms with Crippen molar-refractivity contribution in [3.05, 3.63) is 0 Å². The van der Waals surface area contributed by atoms with E-state index in [0.29, 0.717) is 19.6 Å². The largest absolute Gasteiger partial charge is 0.388 e. The molecule has 3 N–H and O–H groups in total. The van der Waals surface area contributed by atoms with E-state index in [1.807, 2.05) is 0 Å². The highest BCUT2D eigenvalue weighted by atomic mass is 16.5. The molecule has 1 saturated heterocycles. The van der Waals surface area contributed by atoms with E-state index in [2.05, 4.69) is 6.92 Å². The van der Waals surface area contributed by atoms with Crippen LogP contribution in [0.15, 0.2) is 0 Å². The summed E-state index contributed by atoms with van der Waals surface area (Å²) in [6, 6.07) is -0.198. The van der Waals surface area contributed by atoms with Crippen molar-refractivity contribution >= 4 is 0 Å². The Bertz CT molecular complexity index is 125. The molecule has 2 unspecified atom stereocenters. The molecule has 0 aromatic heterocycles. The molecule has 0 spiro atoms. The maximum Gasteiger partial charge on any atom is 0.0842 e. The molecule has 3 nitrogen and oxygen atoms in total. The zero-order valence-corrected chi connectivity index (χ0v) is 7.05. The van der Waals surface area contributed by atoms with Crippen LogP contribution < -0.4 is 5.73 Å². The molecule has 2 atom stereocenters. The third-order valence-electron chi connectivity index (χ3n) is 2.35. The molecule has 66 valence electrons. The fourth-order valence-electron chi connectivity index (χ4n) is 1.54. The lowest BCUT2D eigenvalue weighted by molar-refractivity contribution is -0.0846. The molecule has 0 radical (unpaired) electrons. The molecule has 1 aliphatic heterocycles. The van der Waals surface area contributed by atoms with Crippen LogP contribution in [0.2, 0.25) is 0 Å². The fourth-order valence-corrected chi connectivity index (χ4v) is 1.54. The zero-order chi connectivity index (χ0) is 8.32. The van der Waals surface area contributed by atoms with Gasteiger partial charge in [-0.3, -0.25) is 0 Å². The van der Waals surface area contributed by atoms with Crippen LogP contribution in [0, 0.1) is 0 Å². The smallest absolute Gasteiger partial charge is 0.0842 e. The van der Waals surface area contributed by atoms with Crippen LogP contribution in [0.1, 0.15) is 26.2 Å². The minimum absolute atomic E-state index is 0.198. The molecule has 11 heavy (non-hydrogen) atoms. The third kappa shape index (κ3) is 1.92. The lowest BCUT2D eigenvalue weighted by atomic mass is 9.86. The maximum atomic E-state index is 9.93. The van der Waals surface area contributed by atoms with Crippen molar-refractivity contribution in [3.8, 4) is 0 Å². The molecular weight excluding hydrogens is 142 g/mol. The van der Waals surface area contributed by atoms with Crippen LogP contribution >= 0.6 is 0 Å². The quantitative estimate of drug-likeness (QED) is 0.608. The predicted octanol–water partition coefficient (Wildman–Crippen LogP) is 0.265. The van der Waals surface area contributed by atoms with Crippen LogP contribution in [0.5, 0.6) is 0 Å². The second-order valence-corrected chi connectivity index (χ2v) is 3.28. The van der Waals surface area contributed by atoms with Gasteiger partial charge in [-0.25, -0.2) is 0 Å². The molecule has 1 fully saturated rings. The number of hydrogen-bond donors (Lipinski definition) is 2. The Morgan fingerprint density at radius 2 is 2.45 bits per heavy atom. The second kappa shape index (κ2) is 3.52. The van der Waals surface area contributed by atoms with E-state index in [1.165, 1.54) is 0 Å². The van der Waals surface area contributed by atoms with Gasteiger partial charge in [0.2, 0.25) is 0 Å². The first-order valence-corrected chi connectivity index (χ1v) is 4.25. The lowest BCUT2D eigenvalue weighted by Crippen LogP contribution is -2.54. The van der Waals surface area contributed by atoms with Gasteiger partial charge in [0.1, 0.15) is 0 Å². The van der Waals surface area contributed by atoms with Gasteiger partial charge in [0.05, 0.1) is 18.2 Å². The molecule has 1 aliphatic rings. The monoisotopic (exact) mass is 159 g/mol. The average molecular weight is 159 g/mol. The van der Waals surface area contributed by atoms with Crippen LogP contribution in [-0.2, 0) is 4.74 Å². The second-order valence-electron chi connectivity index (χ2n) is 3.28. The SMILES string of the molecule is CCCC1(O)CCOCC1N. The molecule has 0 aliphatic carbocycles. The van der Waals surface area contributed by atoms with Gasteiger partial charge in [-0.2, -0.15) is 0 Å². The standard InChI is InChI=1S/C8H17NO2/c1-2-3-8(10)4-5-11-6-7(8)9/h7,10H,2-6,9H2,1H3. The third-order valence-corrected chi connectivity index (χ3v) is 2.35. The number of nitrogens with two attached hydrogens (primary N) is 1. The van der Waals surface area contributed by atoms with Gasteiger partial charge in [-0.1, -0.05) is 13.3 Å². The summed E-state index contributed by atoms with van der Waals surface area (Å²) in [6.45, 7) is 3.20. The van der Waals surface area contributed by atoms with Crippen molar-refractivity contribution in [1.82, 2.24) is 0 Å². The lowest BCUT2D eigenvalue weighted by Gasteiger charge is -2.37. The van der Waals surface area contributed by atoms with Crippen molar-refractivity contribution in [2.24, 2.45) is 5.73 Å². The number of rotatable bonds is 2.